The van der Waals surface area contributed by atoms with Gasteiger partial charge >= 0.3 is 0 Å². The summed E-state index contributed by atoms with van der Waals surface area (Å²) >= 11 is 9.41. The summed E-state index contributed by atoms with van der Waals surface area (Å²) in [6.45, 7) is 4.27. The number of anilines is 1. The van der Waals surface area contributed by atoms with E-state index in [4.69, 9.17) is 12.2 Å². The van der Waals surface area contributed by atoms with Gasteiger partial charge in [-0.1, -0.05) is 28.1 Å². The topological polar surface area (TPSA) is 53.3 Å². The van der Waals surface area contributed by atoms with Crippen molar-refractivity contribution in [3.05, 3.63) is 106 Å². The van der Waals surface area contributed by atoms with Crippen LogP contribution in [0.3, 0.4) is 0 Å². The van der Waals surface area contributed by atoms with Gasteiger partial charge in [-0.15, -0.1) is 0 Å². The van der Waals surface area contributed by atoms with Crippen molar-refractivity contribution in [1.29, 1.82) is 0 Å². The van der Waals surface area contributed by atoms with E-state index >= 15 is 0 Å². The maximum absolute atomic E-state index is 9.83. The van der Waals surface area contributed by atoms with E-state index < -0.39 is 0 Å². The summed E-state index contributed by atoms with van der Waals surface area (Å²) in [7, 11) is 0. The maximum Gasteiger partial charge on any atom is 0.174 e. The highest BCUT2D eigenvalue weighted by atomic mass is 79.9. The molecule has 2 aromatic heterocycles. The average molecular weight is 519 g/mol. The number of phenols is 1. The first-order valence-electron chi connectivity index (χ1n) is 10.7. The van der Waals surface area contributed by atoms with Gasteiger partial charge in [-0.3, -0.25) is 4.98 Å². The number of aromatic nitrogens is 2. The molecule has 166 valence electrons. The lowest BCUT2D eigenvalue weighted by molar-refractivity contribution is 0.475. The highest BCUT2D eigenvalue weighted by Crippen LogP contribution is 2.44. The molecule has 1 saturated heterocycles. The van der Waals surface area contributed by atoms with Crippen LogP contribution < -0.4 is 10.2 Å². The van der Waals surface area contributed by atoms with Crippen LogP contribution in [0.15, 0.2) is 83.5 Å². The third-order valence-electron chi connectivity index (χ3n) is 6.08. The zero-order chi connectivity index (χ0) is 23.1. The molecule has 0 spiro atoms. The van der Waals surface area contributed by atoms with Crippen LogP contribution in [-0.2, 0) is 0 Å². The second-order valence-corrected chi connectivity index (χ2v) is 9.46. The van der Waals surface area contributed by atoms with Gasteiger partial charge in [0.2, 0.25) is 0 Å². The van der Waals surface area contributed by atoms with Gasteiger partial charge in [-0.05, 0) is 92.3 Å². The Labute approximate surface area is 206 Å². The normalized spacial score (nSPS) is 17.9. The molecule has 2 aromatic carbocycles. The zero-order valence-corrected chi connectivity index (χ0v) is 20.6. The van der Waals surface area contributed by atoms with Crippen molar-refractivity contribution >= 4 is 38.9 Å². The molecule has 1 fully saturated rings. The zero-order valence-electron chi connectivity index (χ0n) is 18.2. The molecule has 5 rings (SSSR count). The summed E-state index contributed by atoms with van der Waals surface area (Å²) < 4.78 is 3.31. The predicted octanol–water partition coefficient (Wildman–Crippen LogP) is 6.13. The Bertz CT molecular complexity index is 1320. The molecule has 0 aliphatic carbocycles. The molecule has 2 unspecified atom stereocenters. The predicted molar refractivity (Wildman–Crippen MR) is 139 cm³/mol. The number of thiocarbonyl (C=S) groups is 1. The van der Waals surface area contributed by atoms with Gasteiger partial charge in [0.25, 0.3) is 0 Å². The second kappa shape index (κ2) is 8.65. The summed E-state index contributed by atoms with van der Waals surface area (Å²) in [6, 6.07) is 23.4. The van der Waals surface area contributed by atoms with Crippen molar-refractivity contribution in [3.8, 4) is 11.4 Å². The van der Waals surface area contributed by atoms with Gasteiger partial charge in [-0.2, -0.15) is 0 Å². The smallest absolute Gasteiger partial charge is 0.174 e. The van der Waals surface area contributed by atoms with Crippen LogP contribution in [0.4, 0.5) is 5.69 Å². The molecular weight excluding hydrogens is 496 g/mol. The van der Waals surface area contributed by atoms with Crippen molar-refractivity contribution in [3.63, 3.8) is 0 Å². The van der Waals surface area contributed by atoms with Crippen LogP contribution in [0.2, 0.25) is 0 Å². The molecule has 5 nitrogen and oxygen atoms in total. The summed E-state index contributed by atoms with van der Waals surface area (Å²) in [6.07, 6.45) is 1.81. The van der Waals surface area contributed by atoms with E-state index in [1.165, 1.54) is 5.56 Å². The lowest BCUT2D eigenvalue weighted by Crippen LogP contribution is -2.29. The fourth-order valence-corrected chi connectivity index (χ4v) is 5.39. The third-order valence-corrected chi connectivity index (χ3v) is 6.89. The second-order valence-electron chi connectivity index (χ2n) is 8.15. The van der Waals surface area contributed by atoms with Crippen LogP contribution in [-0.4, -0.2) is 19.8 Å². The number of nitrogens with one attached hydrogen (secondary N) is 1. The van der Waals surface area contributed by atoms with Crippen molar-refractivity contribution in [2.24, 2.45) is 0 Å². The van der Waals surface area contributed by atoms with Crippen molar-refractivity contribution in [1.82, 2.24) is 14.9 Å². The average Bonchev–Trinajstić information content (AvgIpc) is 3.30. The van der Waals surface area contributed by atoms with E-state index in [0.717, 1.165) is 32.9 Å². The monoisotopic (exact) mass is 518 g/mol. The van der Waals surface area contributed by atoms with Crippen molar-refractivity contribution in [2.75, 3.05) is 4.90 Å². The van der Waals surface area contributed by atoms with E-state index in [1.807, 2.05) is 48.7 Å². The summed E-state index contributed by atoms with van der Waals surface area (Å²) in [5.74, 6) is 0.225. The number of phenolic OH excluding ortho intramolecular Hbond substituents is 1. The largest absolute Gasteiger partial charge is 0.508 e. The van der Waals surface area contributed by atoms with Crippen molar-refractivity contribution in [2.45, 2.75) is 25.9 Å². The molecule has 0 radical (unpaired) electrons. The molecule has 1 aliphatic heterocycles. The summed E-state index contributed by atoms with van der Waals surface area (Å²) in [5.41, 5.74) is 6.41. The minimum Gasteiger partial charge on any atom is -0.508 e. The highest BCUT2D eigenvalue weighted by molar-refractivity contribution is 9.10. The maximum atomic E-state index is 9.83. The van der Waals surface area contributed by atoms with Gasteiger partial charge in [-0.25, -0.2) is 0 Å². The Kier molecular flexibility index (Phi) is 5.68. The SMILES string of the molecule is Cc1cc(C2C(c3ccccn3)NC(=S)N2c2ccc(O)cc2)c(C)n1-c1cccc(Br)c1. The number of pyridine rings is 1. The molecule has 2 N–H and O–H groups in total. The van der Waals surface area contributed by atoms with E-state index in [9.17, 15) is 5.11 Å². The Hall–Kier alpha value is -3.16. The van der Waals surface area contributed by atoms with Crippen LogP contribution in [0.5, 0.6) is 5.75 Å². The lowest BCUT2D eigenvalue weighted by Gasteiger charge is -2.28. The Morgan fingerprint density at radius 1 is 0.970 bits per heavy atom. The Morgan fingerprint density at radius 3 is 2.45 bits per heavy atom. The molecule has 0 bridgehead atoms. The molecule has 1 aliphatic rings. The molecule has 2 atom stereocenters. The number of hydrogen-bond donors (Lipinski definition) is 2. The van der Waals surface area contributed by atoms with E-state index in [2.05, 4.69) is 67.7 Å². The number of nitrogens with zero attached hydrogens (tertiary/aromatic N) is 3. The van der Waals surface area contributed by atoms with Gasteiger partial charge < -0.3 is 19.9 Å². The fraction of sp³-hybridized carbons (Fsp3) is 0.154. The molecular formula is C26H23BrN4OS. The molecule has 33 heavy (non-hydrogen) atoms. The minimum absolute atomic E-state index is 0.107. The van der Waals surface area contributed by atoms with E-state index in [-0.39, 0.29) is 17.8 Å². The first kappa shape index (κ1) is 21.7. The number of benzene rings is 2. The first-order chi connectivity index (χ1) is 15.9. The molecule has 7 heteroatoms. The Morgan fingerprint density at radius 2 is 1.76 bits per heavy atom. The quantitative estimate of drug-likeness (QED) is 0.318. The van der Waals surface area contributed by atoms with Gasteiger partial charge in [0.05, 0.1) is 17.8 Å². The number of hydrogen-bond acceptors (Lipinski definition) is 3. The molecule has 0 saturated carbocycles. The fourth-order valence-electron chi connectivity index (χ4n) is 4.66. The minimum atomic E-state index is -0.121. The van der Waals surface area contributed by atoms with Crippen LogP contribution in [0.25, 0.3) is 5.69 Å². The van der Waals surface area contributed by atoms with Gasteiger partial charge in [0, 0.05) is 33.4 Å². The number of aryl methyl sites for hydroxylation is 1. The van der Waals surface area contributed by atoms with Crippen LogP contribution in [0, 0.1) is 13.8 Å². The molecule has 4 aromatic rings. The lowest BCUT2D eigenvalue weighted by atomic mass is 9.96. The van der Waals surface area contributed by atoms with E-state index in [1.54, 1.807) is 12.1 Å². The standard InChI is InChI=1S/C26H23BrN4OS/c1-16-14-22(17(2)30(16)20-7-5-6-18(27)15-20)25-24(23-8-3-4-13-28-23)29-26(33)31(25)19-9-11-21(32)12-10-19/h3-15,24-25,32H,1-2H3,(H,29,33). The van der Waals surface area contributed by atoms with Crippen LogP contribution >= 0.6 is 28.1 Å². The number of rotatable bonds is 4. The number of aromatic hydroxyl groups is 1. The van der Waals surface area contributed by atoms with E-state index in [0.29, 0.717) is 5.11 Å². The summed E-state index contributed by atoms with van der Waals surface area (Å²) in [4.78, 5) is 6.77. The highest BCUT2D eigenvalue weighted by Gasteiger charge is 2.42. The third kappa shape index (κ3) is 3.92. The van der Waals surface area contributed by atoms with Gasteiger partial charge in [0.1, 0.15) is 5.75 Å². The Balaban J connectivity index is 1.68. The summed E-state index contributed by atoms with van der Waals surface area (Å²) in [5, 5.41) is 14.0. The van der Waals surface area contributed by atoms with Crippen LogP contribution in [0.1, 0.15) is 34.7 Å². The molecule has 0 amide bonds. The first-order valence-corrected chi connectivity index (χ1v) is 11.9. The van der Waals surface area contributed by atoms with Gasteiger partial charge in [0.15, 0.2) is 5.11 Å². The number of halogens is 1. The van der Waals surface area contributed by atoms with Crippen molar-refractivity contribution < 1.29 is 5.11 Å². The molecule has 3 heterocycles.